The molecule has 0 saturated carbocycles. The third-order valence-corrected chi connectivity index (χ3v) is 3.42. The minimum Gasteiger partial charge on any atom is -0.493 e. The van der Waals surface area contributed by atoms with Crippen LogP contribution in [0.2, 0.25) is 0 Å². The highest BCUT2D eigenvalue weighted by Crippen LogP contribution is 2.26. The van der Waals surface area contributed by atoms with Crippen molar-refractivity contribution in [1.82, 2.24) is 10.6 Å². The van der Waals surface area contributed by atoms with Crippen molar-refractivity contribution in [3.63, 3.8) is 0 Å². The highest BCUT2D eigenvalue weighted by Gasteiger charge is 2.21. The molecule has 0 radical (unpaired) electrons. The van der Waals surface area contributed by atoms with Gasteiger partial charge in [-0.2, -0.15) is 8.78 Å². The smallest absolute Gasteiger partial charge is 0.387 e. The lowest BCUT2D eigenvalue weighted by Crippen LogP contribution is -2.51. The van der Waals surface area contributed by atoms with Crippen LogP contribution in [0, 0.1) is 0 Å². The second kappa shape index (κ2) is 11.1. The van der Waals surface area contributed by atoms with Crippen LogP contribution in [0.1, 0.15) is 18.9 Å². The van der Waals surface area contributed by atoms with Crippen molar-refractivity contribution in [3.05, 3.63) is 23.8 Å². The van der Waals surface area contributed by atoms with Crippen LogP contribution >= 0.6 is 12.4 Å². The fourth-order valence-corrected chi connectivity index (χ4v) is 2.24. The molecule has 0 aromatic heterocycles. The number of rotatable bonds is 8. The lowest BCUT2D eigenvalue weighted by molar-refractivity contribution is -0.126. The zero-order valence-electron chi connectivity index (χ0n) is 13.9. The van der Waals surface area contributed by atoms with E-state index in [2.05, 4.69) is 15.4 Å². The Labute approximate surface area is 151 Å². The van der Waals surface area contributed by atoms with Gasteiger partial charge in [0.2, 0.25) is 5.91 Å². The fourth-order valence-electron chi connectivity index (χ4n) is 2.24. The van der Waals surface area contributed by atoms with Crippen LogP contribution in [-0.2, 0) is 16.1 Å². The highest BCUT2D eigenvalue weighted by atomic mass is 35.5. The number of hydrogen-bond donors (Lipinski definition) is 2. The number of amides is 1. The minimum absolute atomic E-state index is 0. The Bertz CT molecular complexity index is 543. The van der Waals surface area contributed by atoms with Crippen molar-refractivity contribution in [2.75, 3.05) is 26.4 Å². The molecule has 1 atom stereocenters. The van der Waals surface area contributed by atoms with Gasteiger partial charge in [-0.05, 0) is 18.6 Å². The summed E-state index contributed by atoms with van der Waals surface area (Å²) in [5, 5.41) is 5.72. The molecule has 1 aliphatic heterocycles. The van der Waals surface area contributed by atoms with E-state index in [1.54, 1.807) is 12.1 Å². The average Bonchev–Trinajstić information content (AvgIpc) is 2.59. The van der Waals surface area contributed by atoms with Crippen molar-refractivity contribution in [2.24, 2.45) is 0 Å². The Kier molecular flexibility index (Phi) is 9.48. The molecule has 1 saturated heterocycles. The molecule has 1 aromatic rings. The SMILES string of the molecule is CCCOc1ccc(CNC(=O)C2COCCN2)c(OC(F)F)c1.Cl. The molecule has 142 valence electrons. The molecule has 1 heterocycles. The Morgan fingerprint density at radius 1 is 1.48 bits per heavy atom. The number of halogens is 3. The molecule has 6 nitrogen and oxygen atoms in total. The van der Waals surface area contributed by atoms with Gasteiger partial charge in [0.1, 0.15) is 17.5 Å². The maximum atomic E-state index is 12.6. The first-order valence-electron chi connectivity index (χ1n) is 7.89. The van der Waals surface area contributed by atoms with E-state index in [-0.39, 0.29) is 37.2 Å². The van der Waals surface area contributed by atoms with Crippen LogP contribution in [-0.4, -0.2) is 44.9 Å². The van der Waals surface area contributed by atoms with Crippen LogP contribution in [0.25, 0.3) is 0 Å². The second-order valence-corrected chi connectivity index (χ2v) is 5.30. The quantitative estimate of drug-likeness (QED) is 0.723. The molecule has 1 aromatic carbocycles. The molecule has 1 aliphatic rings. The van der Waals surface area contributed by atoms with E-state index in [1.807, 2.05) is 6.92 Å². The van der Waals surface area contributed by atoms with E-state index >= 15 is 0 Å². The van der Waals surface area contributed by atoms with Gasteiger partial charge in [-0.1, -0.05) is 6.92 Å². The van der Waals surface area contributed by atoms with Gasteiger partial charge in [-0.15, -0.1) is 12.4 Å². The number of ether oxygens (including phenoxy) is 3. The largest absolute Gasteiger partial charge is 0.493 e. The maximum absolute atomic E-state index is 12.6. The molecule has 0 bridgehead atoms. The van der Waals surface area contributed by atoms with Crippen molar-refractivity contribution < 1.29 is 27.8 Å². The first-order valence-corrected chi connectivity index (χ1v) is 7.89. The van der Waals surface area contributed by atoms with Crippen molar-refractivity contribution in [3.8, 4) is 11.5 Å². The van der Waals surface area contributed by atoms with E-state index in [9.17, 15) is 13.6 Å². The van der Waals surface area contributed by atoms with Gasteiger partial charge in [0.15, 0.2) is 0 Å². The Morgan fingerprint density at radius 2 is 2.28 bits per heavy atom. The second-order valence-electron chi connectivity index (χ2n) is 5.30. The molecule has 1 fully saturated rings. The van der Waals surface area contributed by atoms with Gasteiger partial charge in [0.25, 0.3) is 0 Å². The summed E-state index contributed by atoms with van der Waals surface area (Å²) in [4.78, 5) is 12.0. The number of hydrogen-bond acceptors (Lipinski definition) is 5. The van der Waals surface area contributed by atoms with Gasteiger partial charge < -0.3 is 24.8 Å². The Morgan fingerprint density at radius 3 is 2.92 bits per heavy atom. The fraction of sp³-hybridized carbons (Fsp3) is 0.562. The lowest BCUT2D eigenvalue weighted by atomic mass is 10.1. The van der Waals surface area contributed by atoms with E-state index in [0.717, 1.165) is 6.42 Å². The molecule has 2 rings (SSSR count). The summed E-state index contributed by atoms with van der Waals surface area (Å²) in [5.41, 5.74) is 0.448. The van der Waals surface area contributed by atoms with Gasteiger partial charge in [-0.25, -0.2) is 0 Å². The number of nitrogens with one attached hydrogen (secondary N) is 2. The number of carbonyl (C=O) groups is 1. The van der Waals surface area contributed by atoms with Crippen molar-refractivity contribution >= 4 is 18.3 Å². The standard InChI is InChI=1S/C16H22F2N2O4.ClH/c1-2-6-23-12-4-3-11(14(8-12)24-16(17)18)9-20-15(21)13-10-22-7-5-19-13;/h3-4,8,13,16,19H,2,5-7,9-10H2,1H3,(H,20,21);1H. The zero-order chi connectivity index (χ0) is 17.4. The first kappa shape index (κ1) is 21.4. The third kappa shape index (κ3) is 7.01. The average molecular weight is 381 g/mol. The summed E-state index contributed by atoms with van der Waals surface area (Å²) in [6.07, 6.45) is 0.805. The highest BCUT2D eigenvalue weighted by molar-refractivity contribution is 5.85. The molecular weight excluding hydrogens is 358 g/mol. The normalized spacial score (nSPS) is 16.9. The minimum atomic E-state index is -2.95. The number of benzene rings is 1. The van der Waals surface area contributed by atoms with Crippen LogP contribution in [0.3, 0.4) is 0 Å². The third-order valence-electron chi connectivity index (χ3n) is 3.42. The molecule has 9 heteroatoms. The monoisotopic (exact) mass is 380 g/mol. The number of morpholine rings is 1. The summed E-state index contributed by atoms with van der Waals surface area (Å²) < 4.78 is 40.4. The van der Waals surface area contributed by atoms with Crippen molar-refractivity contribution in [2.45, 2.75) is 32.5 Å². The Hall–Kier alpha value is -1.64. The number of carbonyl (C=O) groups excluding carboxylic acids is 1. The summed E-state index contributed by atoms with van der Waals surface area (Å²) in [6.45, 7) is 1.01. The number of alkyl halides is 2. The van der Waals surface area contributed by atoms with Gasteiger partial charge in [0.05, 0.1) is 19.8 Å². The summed E-state index contributed by atoms with van der Waals surface area (Å²) >= 11 is 0. The van der Waals surface area contributed by atoms with E-state index in [0.29, 0.717) is 31.1 Å². The van der Waals surface area contributed by atoms with Crippen LogP contribution in [0.4, 0.5) is 8.78 Å². The van der Waals surface area contributed by atoms with Crippen molar-refractivity contribution in [1.29, 1.82) is 0 Å². The first-order chi connectivity index (χ1) is 11.6. The molecule has 1 amide bonds. The maximum Gasteiger partial charge on any atom is 0.387 e. The zero-order valence-corrected chi connectivity index (χ0v) is 14.7. The van der Waals surface area contributed by atoms with Crippen LogP contribution in [0.15, 0.2) is 18.2 Å². The van der Waals surface area contributed by atoms with Gasteiger partial charge in [0, 0.05) is 24.7 Å². The predicted molar refractivity (Wildman–Crippen MR) is 90.6 cm³/mol. The molecule has 0 aliphatic carbocycles. The molecule has 2 N–H and O–H groups in total. The summed E-state index contributed by atoms with van der Waals surface area (Å²) in [7, 11) is 0. The summed E-state index contributed by atoms with van der Waals surface area (Å²) in [5.74, 6) is 0.195. The van der Waals surface area contributed by atoms with Gasteiger partial charge in [-0.3, -0.25) is 4.79 Å². The predicted octanol–water partition coefficient (Wildman–Crippen LogP) is 2.10. The Balaban J connectivity index is 0.00000312. The molecule has 25 heavy (non-hydrogen) atoms. The topological polar surface area (TPSA) is 68.8 Å². The molecule has 0 spiro atoms. The van der Waals surface area contributed by atoms with E-state index in [4.69, 9.17) is 9.47 Å². The van der Waals surface area contributed by atoms with E-state index in [1.165, 1.54) is 6.07 Å². The van der Waals surface area contributed by atoms with Crippen LogP contribution in [0.5, 0.6) is 11.5 Å². The molecular formula is C16H23ClF2N2O4. The molecule has 1 unspecified atom stereocenters. The summed E-state index contributed by atoms with van der Waals surface area (Å²) in [6, 6.07) is 4.24. The lowest BCUT2D eigenvalue weighted by Gasteiger charge is -2.23. The van der Waals surface area contributed by atoms with Gasteiger partial charge >= 0.3 is 6.61 Å². The van der Waals surface area contributed by atoms with Crippen LogP contribution < -0.4 is 20.1 Å². The van der Waals surface area contributed by atoms with E-state index < -0.39 is 12.7 Å².